The van der Waals surface area contributed by atoms with Gasteiger partial charge in [0.2, 0.25) is 5.91 Å². The summed E-state index contributed by atoms with van der Waals surface area (Å²) in [6.45, 7) is 16.8. The van der Waals surface area contributed by atoms with Crippen molar-refractivity contribution in [2.24, 2.45) is 11.8 Å². The molecule has 0 aromatic heterocycles. The van der Waals surface area contributed by atoms with Crippen LogP contribution in [0.1, 0.15) is 47.5 Å². The standard InChI is InChI=1S/C17H33N3O/c1-13(2)18-16(21)15-6-8-19(9-7-15)10-14-11-20(12-14)17(3,4)5/h13-15H,6-12H2,1-5H3,(H,18,21). The van der Waals surface area contributed by atoms with Crippen molar-refractivity contribution in [3.05, 3.63) is 0 Å². The summed E-state index contributed by atoms with van der Waals surface area (Å²) in [7, 11) is 0. The van der Waals surface area contributed by atoms with Crippen LogP contribution in [0.3, 0.4) is 0 Å². The van der Waals surface area contributed by atoms with Crippen molar-refractivity contribution in [1.29, 1.82) is 0 Å². The van der Waals surface area contributed by atoms with Crippen LogP contribution >= 0.6 is 0 Å². The highest BCUT2D eigenvalue weighted by Crippen LogP contribution is 2.27. The van der Waals surface area contributed by atoms with Gasteiger partial charge in [-0.05, 0) is 66.5 Å². The van der Waals surface area contributed by atoms with E-state index in [1.807, 2.05) is 13.8 Å². The lowest BCUT2D eigenvalue weighted by Gasteiger charge is -2.49. The van der Waals surface area contributed by atoms with Gasteiger partial charge in [0, 0.05) is 37.1 Å². The average Bonchev–Trinajstić information content (AvgIpc) is 2.31. The summed E-state index contributed by atoms with van der Waals surface area (Å²) in [5, 5.41) is 3.05. The second-order valence-electron chi connectivity index (χ2n) is 8.18. The van der Waals surface area contributed by atoms with E-state index in [4.69, 9.17) is 0 Å². The van der Waals surface area contributed by atoms with Gasteiger partial charge in [-0.15, -0.1) is 0 Å². The maximum Gasteiger partial charge on any atom is 0.223 e. The first kappa shape index (κ1) is 16.8. The lowest BCUT2D eigenvalue weighted by atomic mass is 9.90. The van der Waals surface area contributed by atoms with Gasteiger partial charge in [-0.2, -0.15) is 0 Å². The fourth-order valence-electron chi connectivity index (χ4n) is 3.38. The fraction of sp³-hybridized carbons (Fsp3) is 0.941. The highest BCUT2D eigenvalue weighted by Gasteiger charge is 2.36. The second-order valence-corrected chi connectivity index (χ2v) is 8.18. The summed E-state index contributed by atoms with van der Waals surface area (Å²) in [5.74, 6) is 1.31. The molecule has 2 heterocycles. The number of hydrogen-bond donors (Lipinski definition) is 1. The van der Waals surface area contributed by atoms with Crippen LogP contribution in [0.25, 0.3) is 0 Å². The van der Waals surface area contributed by atoms with E-state index >= 15 is 0 Å². The maximum absolute atomic E-state index is 12.0. The summed E-state index contributed by atoms with van der Waals surface area (Å²) < 4.78 is 0. The first-order valence-electron chi connectivity index (χ1n) is 8.53. The molecule has 2 fully saturated rings. The molecule has 2 aliphatic heterocycles. The Morgan fingerprint density at radius 3 is 2.24 bits per heavy atom. The molecule has 0 aromatic carbocycles. The van der Waals surface area contributed by atoms with Crippen LogP contribution in [0.4, 0.5) is 0 Å². The number of rotatable bonds is 4. The van der Waals surface area contributed by atoms with E-state index in [0.29, 0.717) is 5.54 Å². The number of carbonyl (C=O) groups excluding carboxylic acids is 1. The fourth-order valence-corrected chi connectivity index (χ4v) is 3.38. The number of carbonyl (C=O) groups is 1. The minimum absolute atomic E-state index is 0.233. The molecule has 0 unspecified atom stereocenters. The number of amides is 1. The number of piperidine rings is 1. The van der Waals surface area contributed by atoms with E-state index in [0.717, 1.165) is 31.8 Å². The molecule has 0 saturated carbocycles. The Morgan fingerprint density at radius 2 is 1.76 bits per heavy atom. The Balaban J connectivity index is 1.65. The normalized spacial score (nSPS) is 23.3. The third-order valence-corrected chi connectivity index (χ3v) is 4.81. The van der Waals surface area contributed by atoms with Crippen LogP contribution in [0.15, 0.2) is 0 Å². The molecule has 0 spiro atoms. The van der Waals surface area contributed by atoms with Crippen molar-refractivity contribution in [2.45, 2.75) is 59.0 Å². The summed E-state index contributed by atoms with van der Waals surface area (Å²) in [6.07, 6.45) is 2.04. The molecule has 21 heavy (non-hydrogen) atoms. The molecule has 1 N–H and O–H groups in total. The Bertz CT molecular complexity index is 348. The monoisotopic (exact) mass is 295 g/mol. The van der Waals surface area contributed by atoms with Gasteiger partial charge in [0.05, 0.1) is 0 Å². The number of hydrogen-bond acceptors (Lipinski definition) is 3. The topological polar surface area (TPSA) is 35.6 Å². The molecule has 0 atom stereocenters. The van der Waals surface area contributed by atoms with Crippen molar-refractivity contribution in [3.63, 3.8) is 0 Å². The molecule has 1 amide bonds. The van der Waals surface area contributed by atoms with Crippen molar-refractivity contribution in [3.8, 4) is 0 Å². The van der Waals surface area contributed by atoms with Gasteiger partial charge in [0.1, 0.15) is 0 Å². The zero-order valence-corrected chi connectivity index (χ0v) is 14.5. The third-order valence-electron chi connectivity index (χ3n) is 4.81. The first-order valence-corrected chi connectivity index (χ1v) is 8.53. The van der Waals surface area contributed by atoms with Gasteiger partial charge in [0.15, 0.2) is 0 Å². The molecule has 0 bridgehead atoms. The number of nitrogens with one attached hydrogen (secondary N) is 1. The SMILES string of the molecule is CC(C)NC(=O)C1CCN(CC2CN(C(C)(C)C)C2)CC1. The molecule has 2 aliphatic rings. The Labute approximate surface area is 130 Å². The van der Waals surface area contributed by atoms with Crippen LogP contribution in [0, 0.1) is 11.8 Å². The van der Waals surface area contributed by atoms with Gasteiger partial charge in [-0.25, -0.2) is 0 Å². The van der Waals surface area contributed by atoms with Crippen LogP contribution in [0.5, 0.6) is 0 Å². The maximum atomic E-state index is 12.0. The predicted molar refractivity (Wildman–Crippen MR) is 87.3 cm³/mol. The zero-order chi connectivity index (χ0) is 15.6. The average molecular weight is 295 g/mol. The van der Waals surface area contributed by atoms with Crippen molar-refractivity contribution in [1.82, 2.24) is 15.1 Å². The Kier molecular flexibility index (Phi) is 5.31. The molecule has 122 valence electrons. The van der Waals surface area contributed by atoms with E-state index in [2.05, 4.69) is 35.9 Å². The molecule has 0 aromatic rings. The third kappa shape index (κ3) is 4.68. The van der Waals surface area contributed by atoms with Crippen LogP contribution in [0.2, 0.25) is 0 Å². The molecule has 4 heteroatoms. The minimum Gasteiger partial charge on any atom is -0.354 e. The van der Waals surface area contributed by atoms with Crippen molar-refractivity contribution < 1.29 is 4.79 Å². The van der Waals surface area contributed by atoms with E-state index < -0.39 is 0 Å². The number of likely N-dealkylation sites (tertiary alicyclic amines) is 2. The largest absolute Gasteiger partial charge is 0.354 e. The molecule has 0 radical (unpaired) electrons. The van der Waals surface area contributed by atoms with E-state index in [-0.39, 0.29) is 17.9 Å². The molecule has 0 aliphatic carbocycles. The predicted octanol–water partition coefficient (Wildman–Crippen LogP) is 1.95. The van der Waals surface area contributed by atoms with Gasteiger partial charge in [0.25, 0.3) is 0 Å². The smallest absolute Gasteiger partial charge is 0.223 e. The van der Waals surface area contributed by atoms with Gasteiger partial charge >= 0.3 is 0 Å². The van der Waals surface area contributed by atoms with Gasteiger partial charge < -0.3 is 10.2 Å². The first-order chi connectivity index (χ1) is 9.75. The van der Waals surface area contributed by atoms with Crippen LogP contribution in [-0.2, 0) is 4.79 Å². The number of nitrogens with zero attached hydrogens (tertiary/aromatic N) is 2. The van der Waals surface area contributed by atoms with Crippen LogP contribution in [-0.4, -0.2) is 60.0 Å². The lowest BCUT2D eigenvalue weighted by Crippen LogP contribution is -2.59. The van der Waals surface area contributed by atoms with Crippen LogP contribution < -0.4 is 5.32 Å². The molecule has 2 saturated heterocycles. The molecule has 4 nitrogen and oxygen atoms in total. The Morgan fingerprint density at radius 1 is 1.19 bits per heavy atom. The summed E-state index contributed by atoms with van der Waals surface area (Å²) in [6, 6.07) is 0.258. The summed E-state index contributed by atoms with van der Waals surface area (Å²) in [5.41, 5.74) is 0.318. The summed E-state index contributed by atoms with van der Waals surface area (Å²) in [4.78, 5) is 17.1. The molecular weight excluding hydrogens is 262 g/mol. The van der Waals surface area contributed by atoms with E-state index in [1.54, 1.807) is 0 Å². The molecule has 2 rings (SSSR count). The zero-order valence-electron chi connectivity index (χ0n) is 14.5. The summed E-state index contributed by atoms with van der Waals surface area (Å²) >= 11 is 0. The lowest BCUT2D eigenvalue weighted by molar-refractivity contribution is -0.127. The Hall–Kier alpha value is -0.610. The van der Waals surface area contributed by atoms with E-state index in [1.165, 1.54) is 19.6 Å². The highest BCUT2D eigenvalue weighted by molar-refractivity contribution is 5.78. The van der Waals surface area contributed by atoms with Gasteiger partial charge in [-0.1, -0.05) is 0 Å². The van der Waals surface area contributed by atoms with E-state index in [9.17, 15) is 4.79 Å². The quantitative estimate of drug-likeness (QED) is 0.861. The highest BCUT2D eigenvalue weighted by atomic mass is 16.1. The van der Waals surface area contributed by atoms with Crippen molar-refractivity contribution in [2.75, 3.05) is 32.7 Å². The second kappa shape index (κ2) is 6.66. The molecular formula is C17H33N3O. The minimum atomic E-state index is 0.233. The van der Waals surface area contributed by atoms with Crippen molar-refractivity contribution >= 4 is 5.91 Å². The van der Waals surface area contributed by atoms with Gasteiger partial charge in [-0.3, -0.25) is 9.69 Å².